The van der Waals surface area contributed by atoms with Crippen LogP contribution in [0.25, 0.3) is 11.1 Å². The van der Waals surface area contributed by atoms with E-state index in [1.165, 1.54) is 35.6 Å². The number of aliphatic hydroxyl groups excluding tert-OH is 3. The van der Waals surface area contributed by atoms with E-state index < -0.39 is 39.6 Å². The standard InChI is InChI=1S/C26H30FN3O6S2/c27-20-4-2-1-3-19(20)17-5-6-24-23(9-17)36-16-26(10-21(32)22(33)11-26)15-30(14-25-28-7-8-37-25)13-18(31)12-29-38(24,34)35/h1-9,18,21-22,29,31-33H,10-16H2/t18-,21-,22+,26?/m0/s1. The number of benzene rings is 2. The van der Waals surface area contributed by atoms with E-state index in [0.717, 1.165) is 5.01 Å². The number of hydrogen-bond acceptors (Lipinski definition) is 9. The van der Waals surface area contributed by atoms with Crippen LogP contribution in [0.4, 0.5) is 4.39 Å². The molecule has 3 aromatic rings. The first-order chi connectivity index (χ1) is 18.1. The molecule has 1 unspecified atom stereocenters. The van der Waals surface area contributed by atoms with Gasteiger partial charge in [-0.2, -0.15) is 0 Å². The Morgan fingerprint density at radius 1 is 1.16 bits per heavy atom. The van der Waals surface area contributed by atoms with Crippen molar-refractivity contribution in [1.29, 1.82) is 0 Å². The number of halogens is 1. The third kappa shape index (κ3) is 5.91. The Morgan fingerprint density at radius 3 is 2.63 bits per heavy atom. The van der Waals surface area contributed by atoms with E-state index in [2.05, 4.69) is 9.71 Å². The molecule has 0 bridgehead atoms. The Bertz CT molecular complexity index is 1360. The average molecular weight is 564 g/mol. The van der Waals surface area contributed by atoms with Crippen LogP contribution >= 0.6 is 11.3 Å². The smallest absolute Gasteiger partial charge is 0.244 e. The number of aliphatic hydroxyl groups is 3. The van der Waals surface area contributed by atoms with E-state index in [0.29, 0.717) is 24.2 Å². The van der Waals surface area contributed by atoms with Crippen LogP contribution in [-0.2, 0) is 16.6 Å². The van der Waals surface area contributed by atoms with Crippen LogP contribution in [-0.4, -0.2) is 78.2 Å². The second-order valence-electron chi connectivity index (χ2n) is 10.1. The molecule has 1 aromatic heterocycles. The van der Waals surface area contributed by atoms with E-state index in [1.54, 1.807) is 24.4 Å². The van der Waals surface area contributed by atoms with Gasteiger partial charge < -0.3 is 20.1 Å². The Kier molecular flexibility index (Phi) is 7.83. The normalized spacial score (nSPS) is 28.3. The summed E-state index contributed by atoms with van der Waals surface area (Å²) >= 11 is 1.46. The van der Waals surface area contributed by atoms with Gasteiger partial charge in [0.15, 0.2) is 0 Å². The zero-order valence-corrected chi connectivity index (χ0v) is 22.2. The molecule has 1 saturated carbocycles. The zero-order chi connectivity index (χ0) is 26.9. The van der Waals surface area contributed by atoms with E-state index in [-0.39, 0.29) is 43.2 Å². The number of fused-ring (bicyclic) bond motifs is 1. The van der Waals surface area contributed by atoms with Crippen molar-refractivity contribution in [3.05, 3.63) is 64.9 Å². The summed E-state index contributed by atoms with van der Waals surface area (Å²) < 4.78 is 49.7. The molecule has 0 saturated heterocycles. The summed E-state index contributed by atoms with van der Waals surface area (Å²) in [5.74, 6) is -0.434. The van der Waals surface area contributed by atoms with Gasteiger partial charge in [0.25, 0.3) is 0 Å². The number of nitrogens with one attached hydrogen (secondary N) is 1. The molecule has 4 N–H and O–H groups in total. The van der Waals surface area contributed by atoms with E-state index in [9.17, 15) is 28.1 Å². The third-order valence-corrected chi connectivity index (χ3v) is 9.29. The molecular weight excluding hydrogens is 533 g/mol. The fourth-order valence-corrected chi connectivity index (χ4v) is 7.15. The molecule has 1 aliphatic heterocycles. The molecule has 2 heterocycles. The third-order valence-electron chi connectivity index (χ3n) is 7.06. The summed E-state index contributed by atoms with van der Waals surface area (Å²) in [6.07, 6.45) is -0.814. The average Bonchev–Trinajstić information content (AvgIpc) is 3.48. The Hall–Kier alpha value is -2.45. The monoisotopic (exact) mass is 563 g/mol. The Morgan fingerprint density at radius 2 is 1.92 bits per heavy atom. The molecule has 1 spiro atoms. The number of thiazole rings is 1. The summed E-state index contributed by atoms with van der Waals surface area (Å²) in [4.78, 5) is 6.14. The topological polar surface area (TPSA) is 132 Å². The molecular formula is C26H30FN3O6S2. The molecule has 9 nitrogen and oxygen atoms in total. The number of hydrogen-bond donors (Lipinski definition) is 4. The summed E-state index contributed by atoms with van der Waals surface area (Å²) in [6.45, 7) is 0.684. The van der Waals surface area contributed by atoms with Gasteiger partial charge in [0.05, 0.1) is 31.5 Å². The lowest BCUT2D eigenvalue weighted by atomic mass is 9.86. The highest BCUT2D eigenvalue weighted by atomic mass is 32.2. The highest BCUT2D eigenvalue weighted by molar-refractivity contribution is 7.89. The number of sulfonamides is 1. The van der Waals surface area contributed by atoms with Gasteiger partial charge in [-0.1, -0.05) is 24.3 Å². The van der Waals surface area contributed by atoms with Crippen molar-refractivity contribution < 1.29 is 32.9 Å². The van der Waals surface area contributed by atoms with Crippen molar-refractivity contribution in [3.8, 4) is 16.9 Å². The molecule has 38 heavy (non-hydrogen) atoms. The SMILES string of the molecule is O=S1(=O)NC[C@H](O)CN(Cc2nccs2)CC2(COc3cc(-c4ccccc4F)ccc31)C[C@@H](O)[C@@H](O)C2. The van der Waals surface area contributed by atoms with Gasteiger partial charge in [-0.15, -0.1) is 11.3 Å². The van der Waals surface area contributed by atoms with Crippen molar-refractivity contribution in [2.75, 3.05) is 26.2 Å². The quantitative estimate of drug-likeness (QED) is 0.381. The van der Waals surface area contributed by atoms with Crippen LogP contribution in [0.3, 0.4) is 0 Å². The molecule has 1 fully saturated rings. The summed E-state index contributed by atoms with van der Waals surface area (Å²) in [6, 6.07) is 10.5. The number of rotatable bonds is 3. The predicted molar refractivity (Wildman–Crippen MR) is 140 cm³/mol. The van der Waals surface area contributed by atoms with Crippen LogP contribution in [0.1, 0.15) is 17.8 Å². The molecule has 5 rings (SSSR count). The van der Waals surface area contributed by atoms with Gasteiger partial charge in [-0.3, -0.25) is 4.90 Å². The molecule has 0 radical (unpaired) electrons. The maximum absolute atomic E-state index is 14.5. The second kappa shape index (κ2) is 11.0. The molecule has 1 aliphatic carbocycles. The maximum Gasteiger partial charge on any atom is 0.244 e. The van der Waals surface area contributed by atoms with Crippen LogP contribution in [0, 0.1) is 11.2 Å². The van der Waals surface area contributed by atoms with Crippen molar-refractivity contribution >= 4 is 21.4 Å². The number of β-amino-alcohol motifs (C(OH)–C–C–N with tert-alkyl or cyclic N) is 1. The highest BCUT2D eigenvalue weighted by Crippen LogP contribution is 2.41. The fourth-order valence-electron chi connectivity index (χ4n) is 5.30. The van der Waals surface area contributed by atoms with Crippen molar-refractivity contribution in [3.63, 3.8) is 0 Å². The Balaban J connectivity index is 1.54. The van der Waals surface area contributed by atoms with Gasteiger partial charge in [-0.25, -0.2) is 22.5 Å². The van der Waals surface area contributed by atoms with Gasteiger partial charge in [0.1, 0.15) is 21.5 Å². The molecule has 0 amide bonds. The van der Waals surface area contributed by atoms with Crippen molar-refractivity contribution in [2.45, 2.75) is 42.6 Å². The van der Waals surface area contributed by atoms with Crippen LogP contribution in [0.2, 0.25) is 0 Å². The van der Waals surface area contributed by atoms with Crippen LogP contribution < -0.4 is 9.46 Å². The zero-order valence-electron chi connectivity index (χ0n) is 20.5. The first-order valence-electron chi connectivity index (χ1n) is 12.3. The highest BCUT2D eigenvalue weighted by Gasteiger charge is 2.46. The Labute approximate surface area is 224 Å². The van der Waals surface area contributed by atoms with Crippen LogP contribution in [0.5, 0.6) is 5.75 Å². The lowest BCUT2D eigenvalue weighted by Gasteiger charge is -2.36. The molecule has 12 heteroatoms. The van der Waals surface area contributed by atoms with Gasteiger partial charge >= 0.3 is 0 Å². The summed E-state index contributed by atoms with van der Waals surface area (Å²) in [5.41, 5.74) is -0.00532. The predicted octanol–water partition coefficient (Wildman–Crippen LogP) is 1.98. The minimum absolute atomic E-state index is 0.00513. The van der Waals surface area contributed by atoms with Crippen LogP contribution in [0.15, 0.2) is 58.9 Å². The summed E-state index contributed by atoms with van der Waals surface area (Å²) in [7, 11) is -4.09. The molecule has 4 atom stereocenters. The van der Waals surface area contributed by atoms with Gasteiger partial charge in [0.2, 0.25) is 10.0 Å². The lowest BCUT2D eigenvalue weighted by Crippen LogP contribution is -2.46. The molecule has 204 valence electrons. The van der Waals surface area contributed by atoms with Crippen molar-refractivity contribution in [2.24, 2.45) is 5.41 Å². The van der Waals surface area contributed by atoms with Crippen molar-refractivity contribution in [1.82, 2.24) is 14.6 Å². The van der Waals surface area contributed by atoms with E-state index >= 15 is 0 Å². The first kappa shape index (κ1) is 27.1. The number of ether oxygens (including phenoxy) is 1. The van der Waals surface area contributed by atoms with E-state index in [4.69, 9.17) is 4.74 Å². The van der Waals surface area contributed by atoms with E-state index in [1.807, 2.05) is 10.3 Å². The first-order valence-corrected chi connectivity index (χ1v) is 14.7. The summed E-state index contributed by atoms with van der Waals surface area (Å²) in [5, 5.41) is 34.4. The largest absolute Gasteiger partial charge is 0.492 e. The lowest BCUT2D eigenvalue weighted by molar-refractivity contribution is 0.0427. The second-order valence-corrected chi connectivity index (χ2v) is 12.8. The maximum atomic E-state index is 14.5. The number of nitrogens with zero attached hydrogens (tertiary/aromatic N) is 2. The number of aromatic nitrogens is 1. The molecule has 2 aromatic carbocycles. The minimum Gasteiger partial charge on any atom is -0.492 e. The fraction of sp³-hybridized carbons (Fsp3) is 0.423. The van der Waals surface area contributed by atoms with Gasteiger partial charge in [0, 0.05) is 42.2 Å². The van der Waals surface area contributed by atoms with Gasteiger partial charge in [-0.05, 0) is 36.6 Å². The molecule has 2 aliphatic rings. The minimum atomic E-state index is -4.09.